The van der Waals surface area contributed by atoms with Crippen molar-refractivity contribution in [3.05, 3.63) is 35.4 Å². The summed E-state index contributed by atoms with van der Waals surface area (Å²) in [5, 5.41) is 9.48. The Balaban J connectivity index is 1.68. The summed E-state index contributed by atoms with van der Waals surface area (Å²) in [5.41, 5.74) is 2.92. The molecule has 1 aliphatic rings. The van der Waals surface area contributed by atoms with Gasteiger partial charge in [-0.3, -0.25) is 4.79 Å². The van der Waals surface area contributed by atoms with Crippen molar-refractivity contribution >= 4 is 5.91 Å². The van der Waals surface area contributed by atoms with Crippen LogP contribution in [0.3, 0.4) is 0 Å². The fourth-order valence-electron chi connectivity index (χ4n) is 3.05. The molecule has 1 N–H and O–H groups in total. The molecular weight excluding hydrogens is 286 g/mol. The lowest BCUT2D eigenvalue weighted by atomic mass is 9.86. The summed E-state index contributed by atoms with van der Waals surface area (Å²) in [6.45, 7) is 8.12. The first-order valence-corrected chi connectivity index (χ1v) is 8.91. The minimum Gasteiger partial charge on any atom is -0.393 e. The topological polar surface area (TPSA) is 40.5 Å². The maximum Gasteiger partial charge on any atom is 0.222 e. The van der Waals surface area contributed by atoms with Gasteiger partial charge in [-0.05, 0) is 48.6 Å². The van der Waals surface area contributed by atoms with Crippen molar-refractivity contribution in [2.45, 2.75) is 70.8 Å². The number of piperidine rings is 1. The van der Waals surface area contributed by atoms with E-state index < -0.39 is 0 Å². The van der Waals surface area contributed by atoms with E-state index >= 15 is 0 Å². The minimum atomic E-state index is -0.213. The molecule has 1 saturated heterocycles. The Morgan fingerprint density at radius 1 is 1.13 bits per heavy atom. The molecular formula is C20H31NO2. The van der Waals surface area contributed by atoms with Crippen molar-refractivity contribution in [3.63, 3.8) is 0 Å². The maximum absolute atomic E-state index is 12.1. The lowest BCUT2D eigenvalue weighted by Crippen LogP contribution is -2.39. The quantitative estimate of drug-likeness (QED) is 0.842. The fraction of sp³-hybridized carbons (Fsp3) is 0.650. The molecule has 0 radical (unpaired) electrons. The van der Waals surface area contributed by atoms with Crippen LogP contribution in [0, 0.1) is 0 Å². The van der Waals surface area contributed by atoms with E-state index in [1.807, 2.05) is 4.90 Å². The van der Waals surface area contributed by atoms with Crippen LogP contribution in [0.5, 0.6) is 0 Å². The van der Waals surface area contributed by atoms with E-state index in [2.05, 4.69) is 45.0 Å². The molecule has 1 amide bonds. The van der Waals surface area contributed by atoms with Crippen molar-refractivity contribution in [3.8, 4) is 0 Å². The maximum atomic E-state index is 12.1. The summed E-state index contributed by atoms with van der Waals surface area (Å²) in [7, 11) is 0. The molecule has 1 heterocycles. The molecule has 3 heteroatoms. The zero-order valence-electron chi connectivity index (χ0n) is 14.8. The summed E-state index contributed by atoms with van der Waals surface area (Å²) < 4.78 is 0. The van der Waals surface area contributed by atoms with E-state index in [0.29, 0.717) is 19.5 Å². The van der Waals surface area contributed by atoms with Gasteiger partial charge >= 0.3 is 0 Å². The number of nitrogens with zero attached hydrogens (tertiary/aromatic N) is 1. The monoisotopic (exact) mass is 317 g/mol. The number of hydrogen-bond acceptors (Lipinski definition) is 2. The highest BCUT2D eigenvalue weighted by Crippen LogP contribution is 2.22. The Bertz CT molecular complexity index is 493. The lowest BCUT2D eigenvalue weighted by molar-refractivity contribution is -0.133. The third kappa shape index (κ3) is 5.65. The van der Waals surface area contributed by atoms with Gasteiger partial charge in [-0.2, -0.15) is 0 Å². The number of aliphatic hydroxyl groups excluding tert-OH is 1. The average Bonchev–Trinajstić information content (AvgIpc) is 2.51. The van der Waals surface area contributed by atoms with Crippen molar-refractivity contribution in [1.82, 2.24) is 4.90 Å². The number of amides is 1. The number of rotatable bonds is 5. The number of likely N-dealkylation sites (tertiary alicyclic amines) is 1. The molecule has 0 atom stereocenters. The number of hydrogen-bond donors (Lipinski definition) is 1. The summed E-state index contributed by atoms with van der Waals surface area (Å²) in [5.74, 6) is 0.250. The van der Waals surface area contributed by atoms with Crippen LogP contribution >= 0.6 is 0 Å². The van der Waals surface area contributed by atoms with Crippen LogP contribution in [0.25, 0.3) is 0 Å². The zero-order valence-corrected chi connectivity index (χ0v) is 14.8. The highest BCUT2D eigenvalue weighted by molar-refractivity contribution is 5.76. The Kier molecular flexibility index (Phi) is 6.23. The number of unbranched alkanes of at least 4 members (excludes halogenated alkanes) is 1. The Labute approximate surface area is 140 Å². The molecule has 1 aromatic rings. The number of carbonyl (C=O) groups is 1. The first kappa shape index (κ1) is 18.0. The second-order valence-corrected chi connectivity index (χ2v) is 7.77. The number of aliphatic hydroxyl groups is 1. The molecule has 3 nitrogen and oxygen atoms in total. The molecule has 0 aliphatic carbocycles. The molecule has 0 unspecified atom stereocenters. The molecule has 1 fully saturated rings. The summed E-state index contributed by atoms with van der Waals surface area (Å²) >= 11 is 0. The molecule has 0 spiro atoms. The summed E-state index contributed by atoms with van der Waals surface area (Å²) in [6, 6.07) is 8.88. The molecule has 0 aromatic heterocycles. The van der Waals surface area contributed by atoms with Crippen LogP contribution in [-0.4, -0.2) is 35.1 Å². The summed E-state index contributed by atoms with van der Waals surface area (Å²) in [6.07, 6.45) is 4.91. The third-order valence-corrected chi connectivity index (χ3v) is 4.74. The van der Waals surface area contributed by atoms with Crippen LogP contribution in [0.2, 0.25) is 0 Å². The Hall–Kier alpha value is -1.35. The van der Waals surface area contributed by atoms with Crippen molar-refractivity contribution in [1.29, 1.82) is 0 Å². The van der Waals surface area contributed by atoms with Crippen molar-refractivity contribution < 1.29 is 9.90 Å². The van der Waals surface area contributed by atoms with Crippen LogP contribution in [0.15, 0.2) is 24.3 Å². The lowest BCUT2D eigenvalue weighted by Gasteiger charge is -2.29. The Morgan fingerprint density at radius 2 is 1.74 bits per heavy atom. The van der Waals surface area contributed by atoms with Crippen LogP contribution in [-0.2, 0) is 16.6 Å². The number of aryl methyl sites for hydroxylation is 1. The second-order valence-electron chi connectivity index (χ2n) is 7.77. The van der Waals surface area contributed by atoms with Gasteiger partial charge in [-0.1, -0.05) is 45.0 Å². The Morgan fingerprint density at radius 3 is 2.30 bits per heavy atom. The molecule has 1 aliphatic heterocycles. The normalized spacial score (nSPS) is 16.6. The van der Waals surface area contributed by atoms with Gasteiger partial charge in [0, 0.05) is 19.5 Å². The van der Waals surface area contributed by atoms with E-state index in [1.54, 1.807) is 0 Å². The van der Waals surface area contributed by atoms with E-state index in [1.165, 1.54) is 11.1 Å². The largest absolute Gasteiger partial charge is 0.393 e. The van der Waals surface area contributed by atoms with E-state index in [-0.39, 0.29) is 17.4 Å². The van der Waals surface area contributed by atoms with Crippen LogP contribution < -0.4 is 0 Å². The smallest absolute Gasteiger partial charge is 0.222 e. The molecule has 1 aromatic carbocycles. The van der Waals surface area contributed by atoms with E-state index in [0.717, 1.165) is 32.1 Å². The highest BCUT2D eigenvalue weighted by atomic mass is 16.3. The standard InChI is InChI=1S/C20H31NO2/c1-20(2,3)17-10-8-16(9-11-17)6-4-5-7-19(23)21-14-12-18(22)13-15-21/h8-11,18,22H,4-7,12-15H2,1-3H3. The SMILES string of the molecule is CC(C)(C)c1ccc(CCCCC(=O)N2CCC(O)CC2)cc1. The first-order valence-electron chi connectivity index (χ1n) is 8.91. The van der Waals surface area contributed by atoms with E-state index in [9.17, 15) is 9.90 Å². The van der Waals surface area contributed by atoms with Crippen LogP contribution in [0.4, 0.5) is 0 Å². The second kappa shape index (κ2) is 7.96. The zero-order chi connectivity index (χ0) is 16.9. The molecule has 2 rings (SSSR count). The molecule has 0 saturated carbocycles. The number of benzene rings is 1. The number of carbonyl (C=O) groups excluding carboxylic acids is 1. The van der Waals surface area contributed by atoms with Gasteiger partial charge in [-0.15, -0.1) is 0 Å². The molecule has 23 heavy (non-hydrogen) atoms. The molecule has 0 bridgehead atoms. The van der Waals surface area contributed by atoms with Gasteiger partial charge in [0.1, 0.15) is 0 Å². The average molecular weight is 317 g/mol. The molecule has 128 valence electrons. The minimum absolute atomic E-state index is 0.201. The van der Waals surface area contributed by atoms with E-state index in [4.69, 9.17) is 0 Å². The van der Waals surface area contributed by atoms with Gasteiger partial charge in [0.05, 0.1) is 6.10 Å². The van der Waals surface area contributed by atoms with Crippen LogP contribution in [0.1, 0.15) is 64.0 Å². The van der Waals surface area contributed by atoms with Crippen molar-refractivity contribution in [2.24, 2.45) is 0 Å². The van der Waals surface area contributed by atoms with Gasteiger partial charge < -0.3 is 10.0 Å². The third-order valence-electron chi connectivity index (χ3n) is 4.74. The van der Waals surface area contributed by atoms with Gasteiger partial charge in [0.2, 0.25) is 5.91 Å². The fourth-order valence-corrected chi connectivity index (χ4v) is 3.05. The predicted octanol–water partition coefficient (Wildman–Crippen LogP) is 3.68. The summed E-state index contributed by atoms with van der Waals surface area (Å²) in [4.78, 5) is 14.0. The predicted molar refractivity (Wildman–Crippen MR) is 94.5 cm³/mol. The van der Waals surface area contributed by atoms with Gasteiger partial charge in [-0.25, -0.2) is 0 Å². The van der Waals surface area contributed by atoms with Crippen molar-refractivity contribution in [2.75, 3.05) is 13.1 Å². The van der Waals surface area contributed by atoms with Gasteiger partial charge in [0.25, 0.3) is 0 Å². The first-order chi connectivity index (χ1) is 10.9. The van der Waals surface area contributed by atoms with Gasteiger partial charge in [0.15, 0.2) is 0 Å². The highest BCUT2D eigenvalue weighted by Gasteiger charge is 2.20.